The molecule has 27 heavy (non-hydrogen) atoms. The lowest BCUT2D eigenvalue weighted by Crippen LogP contribution is -2.27. The standard InChI is InChI=1S/C22H30F2OS2/c1-3-5-6-15-7-9-16(10-8-15)22-26-13-17(14-27-22)18-11-12-19(25-4-2)21(24)20(18)23/h3,11-12,15-17,22H,1,4-10,13-14H2,2H3. The van der Waals surface area contributed by atoms with E-state index in [1.165, 1.54) is 32.1 Å². The van der Waals surface area contributed by atoms with Crippen molar-refractivity contribution in [3.05, 3.63) is 42.0 Å². The van der Waals surface area contributed by atoms with Gasteiger partial charge in [-0.2, -0.15) is 4.39 Å². The molecule has 0 atom stereocenters. The van der Waals surface area contributed by atoms with Crippen molar-refractivity contribution in [2.24, 2.45) is 11.8 Å². The minimum Gasteiger partial charge on any atom is -0.491 e. The molecule has 1 aliphatic carbocycles. The second-order valence-corrected chi connectivity index (χ2v) is 10.2. The van der Waals surface area contributed by atoms with Crippen molar-refractivity contribution in [3.8, 4) is 5.75 Å². The molecular weight excluding hydrogens is 382 g/mol. The number of hydrogen-bond acceptors (Lipinski definition) is 3. The molecule has 5 heteroatoms. The molecule has 0 bridgehead atoms. The van der Waals surface area contributed by atoms with Gasteiger partial charge in [0.2, 0.25) is 5.82 Å². The molecule has 0 radical (unpaired) electrons. The Hall–Kier alpha value is -0.680. The summed E-state index contributed by atoms with van der Waals surface area (Å²) in [6, 6.07) is 3.28. The van der Waals surface area contributed by atoms with Gasteiger partial charge in [0.15, 0.2) is 11.6 Å². The van der Waals surface area contributed by atoms with Crippen molar-refractivity contribution in [1.82, 2.24) is 0 Å². The topological polar surface area (TPSA) is 9.23 Å². The van der Waals surface area contributed by atoms with Gasteiger partial charge in [-0.3, -0.25) is 0 Å². The minimum absolute atomic E-state index is 0.0148. The van der Waals surface area contributed by atoms with Crippen molar-refractivity contribution in [1.29, 1.82) is 0 Å². The van der Waals surface area contributed by atoms with Crippen molar-refractivity contribution in [2.45, 2.75) is 55.9 Å². The fourth-order valence-corrected chi connectivity index (χ4v) is 7.73. The van der Waals surface area contributed by atoms with E-state index >= 15 is 0 Å². The highest BCUT2D eigenvalue weighted by Crippen LogP contribution is 2.47. The summed E-state index contributed by atoms with van der Waals surface area (Å²) in [7, 11) is 0. The van der Waals surface area contributed by atoms with Gasteiger partial charge in [0, 0.05) is 17.4 Å². The predicted molar refractivity (Wildman–Crippen MR) is 114 cm³/mol. The highest BCUT2D eigenvalue weighted by Gasteiger charge is 2.33. The van der Waals surface area contributed by atoms with E-state index in [0.717, 1.165) is 29.8 Å². The van der Waals surface area contributed by atoms with Crippen LogP contribution in [-0.2, 0) is 0 Å². The fourth-order valence-electron chi connectivity index (χ4n) is 4.20. The number of hydrogen-bond donors (Lipinski definition) is 0. The smallest absolute Gasteiger partial charge is 0.200 e. The largest absolute Gasteiger partial charge is 0.491 e. The Morgan fingerprint density at radius 2 is 1.81 bits per heavy atom. The van der Waals surface area contributed by atoms with E-state index < -0.39 is 11.6 Å². The van der Waals surface area contributed by atoms with Crippen LogP contribution in [0.4, 0.5) is 8.78 Å². The third kappa shape index (κ3) is 5.23. The highest BCUT2D eigenvalue weighted by molar-refractivity contribution is 8.17. The first-order valence-corrected chi connectivity index (χ1v) is 12.2. The van der Waals surface area contributed by atoms with Crippen LogP contribution in [0.2, 0.25) is 0 Å². The molecule has 2 aliphatic rings. The molecular formula is C22H30F2OS2. The molecule has 0 amide bonds. The van der Waals surface area contributed by atoms with Crippen LogP contribution in [0.5, 0.6) is 5.75 Å². The normalized spacial score (nSPS) is 28.7. The third-order valence-corrected chi connectivity index (χ3v) is 9.23. The zero-order chi connectivity index (χ0) is 19.2. The minimum atomic E-state index is -0.843. The van der Waals surface area contributed by atoms with Crippen LogP contribution >= 0.6 is 23.5 Å². The van der Waals surface area contributed by atoms with E-state index in [-0.39, 0.29) is 11.7 Å². The Balaban J connectivity index is 1.52. The SMILES string of the molecule is C=CCCC1CCC(C2SCC(c3ccc(OCC)c(F)c3F)CS2)CC1. The van der Waals surface area contributed by atoms with Crippen LogP contribution in [0.25, 0.3) is 0 Å². The molecule has 0 spiro atoms. The molecule has 1 nitrogen and oxygen atoms in total. The van der Waals surface area contributed by atoms with E-state index in [9.17, 15) is 8.78 Å². The molecule has 2 fully saturated rings. The van der Waals surface area contributed by atoms with Crippen LogP contribution in [-0.4, -0.2) is 22.7 Å². The Bertz CT molecular complexity index is 621. The maximum Gasteiger partial charge on any atom is 0.200 e. The molecule has 1 saturated heterocycles. The van der Waals surface area contributed by atoms with Crippen LogP contribution in [0.1, 0.15) is 56.9 Å². The maximum atomic E-state index is 14.5. The van der Waals surface area contributed by atoms with Gasteiger partial charge in [-0.05, 0) is 56.1 Å². The van der Waals surface area contributed by atoms with Crippen molar-refractivity contribution < 1.29 is 13.5 Å². The molecule has 1 aromatic carbocycles. The average Bonchev–Trinajstić information content (AvgIpc) is 2.71. The summed E-state index contributed by atoms with van der Waals surface area (Å²) in [6.07, 6.45) is 9.73. The first-order chi connectivity index (χ1) is 13.1. The number of halogens is 2. The fraction of sp³-hybridized carbons (Fsp3) is 0.636. The van der Waals surface area contributed by atoms with Gasteiger partial charge in [-0.25, -0.2) is 4.39 Å². The van der Waals surface area contributed by atoms with Crippen molar-refractivity contribution in [3.63, 3.8) is 0 Å². The van der Waals surface area contributed by atoms with E-state index in [1.54, 1.807) is 19.1 Å². The van der Waals surface area contributed by atoms with Crippen LogP contribution in [0.15, 0.2) is 24.8 Å². The lowest BCUT2D eigenvalue weighted by Gasteiger charge is -2.37. The van der Waals surface area contributed by atoms with Gasteiger partial charge in [0.1, 0.15) is 0 Å². The zero-order valence-corrected chi connectivity index (χ0v) is 17.7. The number of ether oxygens (including phenoxy) is 1. The molecule has 1 aliphatic heterocycles. The molecule has 1 heterocycles. The maximum absolute atomic E-state index is 14.5. The Morgan fingerprint density at radius 1 is 1.11 bits per heavy atom. The summed E-state index contributed by atoms with van der Waals surface area (Å²) in [5.74, 6) is 1.90. The quantitative estimate of drug-likeness (QED) is 0.445. The Morgan fingerprint density at radius 3 is 2.44 bits per heavy atom. The predicted octanol–water partition coefficient (Wildman–Crippen LogP) is 7.03. The molecule has 150 valence electrons. The molecule has 1 saturated carbocycles. The molecule has 0 aromatic heterocycles. The average molecular weight is 413 g/mol. The molecule has 0 N–H and O–H groups in total. The van der Waals surface area contributed by atoms with Gasteiger partial charge >= 0.3 is 0 Å². The summed E-state index contributed by atoms with van der Waals surface area (Å²) in [4.78, 5) is 0. The summed E-state index contributed by atoms with van der Waals surface area (Å²) in [6.45, 7) is 5.93. The third-order valence-electron chi connectivity index (χ3n) is 5.80. The van der Waals surface area contributed by atoms with Crippen LogP contribution < -0.4 is 4.74 Å². The van der Waals surface area contributed by atoms with E-state index in [1.807, 2.05) is 29.6 Å². The first kappa shape index (κ1) is 21.0. The number of allylic oxidation sites excluding steroid dienone is 1. The number of rotatable bonds is 7. The highest BCUT2D eigenvalue weighted by atomic mass is 32.2. The van der Waals surface area contributed by atoms with E-state index in [2.05, 4.69) is 6.58 Å². The van der Waals surface area contributed by atoms with Crippen LogP contribution in [0, 0.1) is 23.5 Å². The van der Waals surface area contributed by atoms with Gasteiger partial charge in [0.05, 0.1) is 11.2 Å². The molecule has 1 aromatic rings. The summed E-state index contributed by atoms with van der Waals surface area (Å²) >= 11 is 3.89. The second-order valence-electron chi connectivity index (χ2n) is 7.59. The number of thioether (sulfide) groups is 2. The molecule has 3 rings (SSSR count). The van der Waals surface area contributed by atoms with Gasteiger partial charge in [-0.15, -0.1) is 30.1 Å². The van der Waals surface area contributed by atoms with Gasteiger partial charge < -0.3 is 4.74 Å². The van der Waals surface area contributed by atoms with Crippen molar-refractivity contribution in [2.75, 3.05) is 18.1 Å². The van der Waals surface area contributed by atoms with Crippen LogP contribution in [0.3, 0.4) is 0 Å². The Kier molecular flexibility index (Phi) is 7.95. The van der Waals surface area contributed by atoms with E-state index in [4.69, 9.17) is 4.74 Å². The number of benzene rings is 1. The zero-order valence-electron chi connectivity index (χ0n) is 16.1. The van der Waals surface area contributed by atoms with Gasteiger partial charge in [-0.1, -0.05) is 25.0 Å². The van der Waals surface area contributed by atoms with Crippen molar-refractivity contribution >= 4 is 23.5 Å². The second kappa shape index (κ2) is 10.2. The summed E-state index contributed by atoms with van der Waals surface area (Å²) in [5, 5.41) is 0. The monoisotopic (exact) mass is 412 g/mol. The van der Waals surface area contributed by atoms with E-state index in [0.29, 0.717) is 16.8 Å². The lowest BCUT2D eigenvalue weighted by molar-refractivity contribution is 0.276. The van der Waals surface area contributed by atoms with Gasteiger partial charge in [0.25, 0.3) is 0 Å². The summed E-state index contributed by atoms with van der Waals surface area (Å²) in [5.41, 5.74) is 0.502. The lowest BCUT2D eigenvalue weighted by atomic mass is 9.81. The summed E-state index contributed by atoms with van der Waals surface area (Å²) < 4.78 is 34.4. The Labute approximate surface area is 170 Å². The first-order valence-electron chi connectivity index (χ1n) is 10.1. The molecule has 0 unspecified atom stereocenters.